The van der Waals surface area contributed by atoms with Crippen molar-refractivity contribution in [3.63, 3.8) is 0 Å². The molecule has 1 unspecified atom stereocenters. The zero-order valence-electron chi connectivity index (χ0n) is 17.0. The Morgan fingerprint density at radius 2 is 2.07 bits per heavy atom. The summed E-state index contributed by atoms with van der Waals surface area (Å²) >= 11 is 1.65. The number of allylic oxidation sites excluding steroid dienone is 2. The van der Waals surface area contributed by atoms with Crippen LogP contribution in [0.15, 0.2) is 40.7 Å². The number of rotatable bonds is 9. The molecule has 2 heterocycles. The van der Waals surface area contributed by atoms with Gasteiger partial charge in [-0.2, -0.15) is 4.98 Å². The number of carbonyl (C=O) groups excluding carboxylic acids is 1. The lowest BCUT2D eigenvalue weighted by Crippen LogP contribution is -2.28. The van der Waals surface area contributed by atoms with Crippen LogP contribution >= 0.6 is 11.8 Å². The summed E-state index contributed by atoms with van der Waals surface area (Å²) in [5.74, 6) is 2.44. The average molecular weight is 401 g/mol. The van der Waals surface area contributed by atoms with E-state index in [4.69, 9.17) is 9.84 Å². The fraction of sp³-hybridized carbons (Fsp3) is 0.476. The van der Waals surface area contributed by atoms with E-state index in [1.165, 1.54) is 0 Å². The van der Waals surface area contributed by atoms with Crippen molar-refractivity contribution in [2.24, 2.45) is 0 Å². The number of Topliss-reactive ketones (excluding diaryl/α,β-unsaturated/α-hetero) is 1. The van der Waals surface area contributed by atoms with Gasteiger partial charge in [-0.3, -0.25) is 4.79 Å². The quantitative estimate of drug-likeness (QED) is 0.480. The normalized spacial score (nSPS) is 15.9. The maximum Gasteiger partial charge on any atom is 0.227 e. The van der Waals surface area contributed by atoms with Gasteiger partial charge in [-0.15, -0.1) is 5.10 Å². The van der Waals surface area contributed by atoms with Gasteiger partial charge >= 0.3 is 0 Å². The topological polar surface area (TPSA) is 69.0 Å². The summed E-state index contributed by atoms with van der Waals surface area (Å²) in [6.07, 6.45) is 3.18. The van der Waals surface area contributed by atoms with Crippen LogP contribution in [0.5, 0.6) is 5.75 Å². The fourth-order valence-corrected chi connectivity index (χ4v) is 4.21. The Bertz CT molecular complexity index is 875. The first-order valence-corrected chi connectivity index (χ1v) is 10.8. The van der Waals surface area contributed by atoms with Gasteiger partial charge in [0.05, 0.1) is 6.61 Å². The molecule has 6 nitrogen and oxygen atoms in total. The molecule has 2 aromatic rings. The lowest BCUT2D eigenvalue weighted by atomic mass is 9.92. The van der Waals surface area contributed by atoms with Crippen molar-refractivity contribution < 1.29 is 9.53 Å². The molecule has 1 N–H and O–H groups in total. The lowest BCUT2D eigenvalue weighted by Gasteiger charge is -2.29. The van der Waals surface area contributed by atoms with Gasteiger partial charge in [0.15, 0.2) is 5.78 Å². The monoisotopic (exact) mass is 400 g/mol. The number of nitrogens with zero attached hydrogens (tertiary/aromatic N) is 3. The molecule has 0 radical (unpaired) electrons. The zero-order chi connectivity index (χ0) is 20.1. The van der Waals surface area contributed by atoms with Crippen molar-refractivity contribution in [1.29, 1.82) is 0 Å². The van der Waals surface area contributed by atoms with Crippen LogP contribution in [-0.2, 0) is 4.79 Å². The molecular weight excluding hydrogens is 372 g/mol. The molecule has 7 heteroatoms. The Morgan fingerprint density at radius 3 is 2.79 bits per heavy atom. The summed E-state index contributed by atoms with van der Waals surface area (Å²) in [5, 5.41) is 8.72. The molecule has 0 aliphatic carbocycles. The number of ether oxygens (including phenoxy) is 1. The average Bonchev–Trinajstić information content (AvgIpc) is 3.07. The first kappa shape index (κ1) is 20.5. The predicted molar refractivity (Wildman–Crippen MR) is 113 cm³/mol. The number of benzene rings is 1. The van der Waals surface area contributed by atoms with Crippen LogP contribution in [0.3, 0.4) is 0 Å². The van der Waals surface area contributed by atoms with E-state index >= 15 is 0 Å². The van der Waals surface area contributed by atoms with Crippen LogP contribution in [0.4, 0.5) is 5.95 Å². The minimum atomic E-state index is -0.352. The van der Waals surface area contributed by atoms with Gasteiger partial charge in [-0.25, -0.2) is 4.68 Å². The summed E-state index contributed by atoms with van der Waals surface area (Å²) in [7, 11) is 0. The summed E-state index contributed by atoms with van der Waals surface area (Å²) in [5.41, 5.74) is 2.43. The second-order valence-electron chi connectivity index (χ2n) is 6.87. The molecular formula is C21H28N4O2S. The highest BCUT2D eigenvalue weighted by atomic mass is 32.2. The standard InChI is InChI=1S/C21H28N4O2S/c1-5-7-13-28-21-23-20-22-14(3)18(15(4)26)19(25(20)24-21)16-10-8-9-11-17(16)27-12-6-2/h8-11,19H,5-7,12-13H2,1-4H3,(H,22,23,24). The third-order valence-electron chi connectivity index (χ3n) is 4.62. The Hall–Kier alpha value is -2.28. The molecule has 1 aliphatic heterocycles. The summed E-state index contributed by atoms with van der Waals surface area (Å²) in [6, 6.07) is 7.53. The molecule has 0 saturated heterocycles. The largest absolute Gasteiger partial charge is 0.493 e. The van der Waals surface area contributed by atoms with E-state index in [2.05, 4.69) is 24.1 Å². The number of anilines is 1. The van der Waals surface area contributed by atoms with Gasteiger partial charge in [0.2, 0.25) is 11.1 Å². The van der Waals surface area contributed by atoms with E-state index in [0.29, 0.717) is 18.1 Å². The van der Waals surface area contributed by atoms with E-state index in [9.17, 15) is 4.79 Å². The molecule has 0 amide bonds. The van der Waals surface area contributed by atoms with Crippen LogP contribution < -0.4 is 10.1 Å². The number of fused-ring (bicyclic) bond motifs is 1. The van der Waals surface area contributed by atoms with Crippen LogP contribution in [0.25, 0.3) is 0 Å². The predicted octanol–water partition coefficient (Wildman–Crippen LogP) is 4.84. The molecule has 28 heavy (non-hydrogen) atoms. The van der Waals surface area contributed by atoms with Gasteiger partial charge in [-0.05, 0) is 32.8 Å². The number of para-hydroxylation sites is 1. The highest BCUT2D eigenvalue weighted by Gasteiger charge is 2.34. The molecule has 1 atom stereocenters. The van der Waals surface area contributed by atoms with E-state index < -0.39 is 0 Å². The highest BCUT2D eigenvalue weighted by molar-refractivity contribution is 7.99. The van der Waals surface area contributed by atoms with Crippen molar-refractivity contribution in [2.75, 3.05) is 17.7 Å². The van der Waals surface area contributed by atoms with Crippen LogP contribution in [0.1, 0.15) is 58.6 Å². The molecule has 0 spiro atoms. The third-order valence-corrected chi connectivity index (χ3v) is 5.54. The van der Waals surface area contributed by atoms with Crippen molar-refractivity contribution in [1.82, 2.24) is 14.8 Å². The molecule has 1 aliphatic rings. The minimum absolute atomic E-state index is 0.0154. The first-order valence-electron chi connectivity index (χ1n) is 9.86. The third kappa shape index (κ3) is 4.24. The van der Waals surface area contributed by atoms with Crippen molar-refractivity contribution >= 4 is 23.5 Å². The van der Waals surface area contributed by atoms with E-state index in [1.807, 2.05) is 35.9 Å². The number of unbranched alkanes of at least 4 members (excludes halogenated alkanes) is 1. The molecule has 0 fully saturated rings. The van der Waals surface area contributed by atoms with E-state index in [-0.39, 0.29) is 11.8 Å². The van der Waals surface area contributed by atoms with Gasteiger partial charge in [0.1, 0.15) is 11.8 Å². The summed E-state index contributed by atoms with van der Waals surface area (Å²) in [6.45, 7) is 8.39. The number of thioether (sulfide) groups is 1. The number of ketones is 1. The number of hydrogen-bond acceptors (Lipinski definition) is 6. The summed E-state index contributed by atoms with van der Waals surface area (Å²) in [4.78, 5) is 17.2. The van der Waals surface area contributed by atoms with Crippen LogP contribution in [0, 0.1) is 0 Å². The number of hydrogen-bond donors (Lipinski definition) is 1. The van der Waals surface area contributed by atoms with Gasteiger partial charge in [0, 0.05) is 22.6 Å². The second kappa shape index (κ2) is 9.28. The first-order chi connectivity index (χ1) is 13.6. The molecule has 1 aromatic heterocycles. The van der Waals surface area contributed by atoms with Gasteiger partial charge in [0.25, 0.3) is 0 Å². The smallest absolute Gasteiger partial charge is 0.227 e. The Kier molecular flexibility index (Phi) is 6.78. The maximum atomic E-state index is 12.5. The van der Waals surface area contributed by atoms with Crippen molar-refractivity contribution in [2.45, 2.75) is 58.2 Å². The Morgan fingerprint density at radius 1 is 1.29 bits per heavy atom. The van der Waals surface area contributed by atoms with Gasteiger partial charge < -0.3 is 10.1 Å². The SMILES string of the molecule is CCCCSc1nc2n(n1)C(c1ccccc1OCCC)C(C(C)=O)=C(C)N2. The number of carbonyl (C=O) groups is 1. The molecule has 150 valence electrons. The number of aromatic nitrogens is 3. The molecule has 0 saturated carbocycles. The number of nitrogens with one attached hydrogen (secondary N) is 1. The maximum absolute atomic E-state index is 12.5. The zero-order valence-corrected chi connectivity index (χ0v) is 17.8. The Labute approximate surface area is 170 Å². The lowest BCUT2D eigenvalue weighted by molar-refractivity contribution is -0.114. The van der Waals surface area contributed by atoms with E-state index in [0.717, 1.165) is 47.2 Å². The van der Waals surface area contributed by atoms with Crippen molar-refractivity contribution in [3.8, 4) is 5.75 Å². The Balaban J connectivity index is 2.06. The second-order valence-corrected chi connectivity index (χ2v) is 7.94. The fourth-order valence-electron chi connectivity index (χ4n) is 3.29. The minimum Gasteiger partial charge on any atom is -0.493 e. The van der Waals surface area contributed by atoms with E-state index in [1.54, 1.807) is 18.7 Å². The molecule has 0 bridgehead atoms. The van der Waals surface area contributed by atoms with Gasteiger partial charge in [-0.1, -0.05) is 50.2 Å². The van der Waals surface area contributed by atoms with Crippen molar-refractivity contribution in [3.05, 3.63) is 41.1 Å². The van der Waals surface area contributed by atoms with Crippen LogP contribution in [-0.4, -0.2) is 32.9 Å². The van der Waals surface area contributed by atoms with Crippen LogP contribution in [0.2, 0.25) is 0 Å². The molecule has 3 rings (SSSR count). The highest BCUT2D eigenvalue weighted by Crippen LogP contribution is 2.40. The molecule has 1 aromatic carbocycles. The summed E-state index contributed by atoms with van der Waals surface area (Å²) < 4.78 is 7.81.